The minimum Gasteiger partial charge on any atom is -0.341 e. The lowest BCUT2D eigenvalue weighted by atomic mass is 10.0. The average molecular weight is 310 g/mol. The van der Waals surface area contributed by atoms with Gasteiger partial charge in [-0.3, -0.25) is 9.78 Å². The molecule has 3 nitrogen and oxygen atoms in total. The summed E-state index contributed by atoms with van der Waals surface area (Å²) in [5.74, 6) is 0. The van der Waals surface area contributed by atoms with Crippen molar-refractivity contribution < 1.29 is 0 Å². The minimum absolute atomic E-state index is 0.0661. The maximum Gasteiger partial charge on any atom is 0.197 e. The van der Waals surface area contributed by atoms with E-state index in [4.69, 9.17) is 0 Å². The Morgan fingerprint density at radius 1 is 0.750 bits per heavy atom. The Morgan fingerprint density at radius 3 is 2.33 bits per heavy atom. The number of benzene rings is 3. The smallest absolute Gasteiger partial charge is 0.197 e. The SMILES string of the molecule is Cn1c2c(ccc3ccccc32)c(=O)c2ccc3cccnc3c21. The fourth-order valence-corrected chi connectivity index (χ4v) is 3.71. The van der Waals surface area contributed by atoms with Gasteiger partial charge in [0.25, 0.3) is 0 Å². The quantitative estimate of drug-likeness (QED) is 0.314. The number of nitrogens with zero attached hydrogens (tertiary/aromatic N) is 2. The van der Waals surface area contributed by atoms with Crippen molar-refractivity contribution in [3.05, 3.63) is 77.1 Å². The van der Waals surface area contributed by atoms with Gasteiger partial charge in [-0.1, -0.05) is 42.5 Å². The molecule has 0 fully saturated rings. The third-order valence-corrected chi connectivity index (χ3v) is 4.81. The summed E-state index contributed by atoms with van der Waals surface area (Å²) >= 11 is 0. The van der Waals surface area contributed by atoms with E-state index in [0.717, 1.165) is 38.1 Å². The molecule has 0 aliphatic rings. The number of rotatable bonds is 0. The van der Waals surface area contributed by atoms with Gasteiger partial charge in [0.1, 0.15) is 0 Å². The van der Waals surface area contributed by atoms with Crippen LogP contribution in [0, 0.1) is 0 Å². The first-order valence-electron chi connectivity index (χ1n) is 7.93. The molecule has 0 atom stereocenters. The summed E-state index contributed by atoms with van der Waals surface area (Å²) in [5.41, 5.74) is 2.78. The second-order valence-corrected chi connectivity index (χ2v) is 6.11. The zero-order chi connectivity index (χ0) is 16.3. The van der Waals surface area contributed by atoms with Crippen LogP contribution in [0.5, 0.6) is 0 Å². The molecular formula is C21H14N2O. The van der Waals surface area contributed by atoms with Gasteiger partial charge in [-0.25, -0.2) is 0 Å². The highest BCUT2D eigenvalue weighted by Gasteiger charge is 2.13. The van der Waals surface area contributed by atoms with Crippen LogP contribution in [0.3, 0.4) is 0 Å². The number of hydrogen-bond acceptors (Lipinski definition) is 2. The van der Waals surface area contributed by atoms with E-state index < -0.39 is 0 Å². The van der Waals surface area contributed by atoms with Crippen LogP contribution in [0.25, 0.3) is 43.5 Å². The average Bonchev–Trinajstić information content (AvgIpc) is 2.64. The lowest BCUT2D eigenvalue weighted by Crippen LogP contribution is -2.10. The number of fused-ring (bicyclic) bond motifs is 6. The van der Waals surface area contributed by atoms with Gasteiger partial charge in [0.15, 0.2) is 5.43 Å². The van der Waals surface area contributed by atoms with Crippen molar-refractivity contribution in [3.63, 3.8) is 0 Å². The zero-order valence-corrected chi connectivity index (χ0v) is 13.2. The fourth-order valence-electron chi connectivity index (χ4n) is 3.71. The lowest BCUT2D eigenvalue weighted by Gasteiger charge is -2.14. The molecule has 0 bridgehead atoms. The number of pyridine rings is 2. The Balaban J connectivity index is 2.18. The van der Waals surface area contributed by atoms with E-state index in [1.807, 2.05) is 55.6 Å². The molecule has 0 saturated carbocycles. The van der Waals surface area contributed by atoms with Crippen LogP contribution in [0.1, 0.15) is 0 Å². The molecule has 0 spiro atoms. The standard InChI is InChI=1S/C21H14N2O/c1-23-19-15-7-3-2-5-13(15)8-10-16(19)21(24)17-11-9-14-6-4-12-22-18(14)20(17)23/h2-12H,1H3. The van der Waals surface area contributed by atoms with E-state index >= 15 is 0 Å². The van der Waals surface area contributed by atoms with Gasteiger partial charge in [0, 0.05) is 34.8 Å². The van der Waals surface area contributed by atoms with Gasteiger partial charge in [0.2, 0.25) is 0 Å². The molecule has 2 aromatic heterocycles. The topological polar surface area (TPSA) is 34.9 Å². The molecule has 0 unspecified atom stereocenters. The molecule has 0 aliphatic carbocycles. The van der Waals surface area contributed by atoms with E-state index in [2.05, 4.69) is 21.7 Å². The van der Waals surface area contributed by atoms with E-state index in [1.165, 1.54) is 0 Å². The molecule has 2 heterocycles. The lowest BCUT2D eigenvalue weighted by molar-refractivity contribution is 1.01. The summed E-state index contributed by atoms with van der Waals surface area (Å²) in [5, 5.41) is 4.72. The summed E-state index contributed by atoms with van der Waals surface area (Å²) in [4.78, 5) is 17.6. The van der Waals surface area contributed by atoms with Gasteiger partial charge < -0.3 is 4.57 Å². The molecule has 114 valence electrons. The van der Waals surface area contributed by atoms with Gasteiger partial charge >= 0.3 is 0 Å². The molecule has 0 aliphatic heterocycles. The summed E-state index contributed by atoms with van der Waals surface area (Å²) in [6.45, 7) is 0. The molecule has 3 heteroatoms. The fraction of sp³-hybridized carbons (Fsp3) is 0.0476. The number of aromatic nitrogens is 2. The van der Waals surface area contributed by atoms with E-state index in [1.54, 1.807) is 6.20 Å². The van der Waals surface area contributed by atoms with Gasteiger partial charge in [-0.15, -0.1) is 0 Å². The molecule has 0 N–H and O–H groups in total. The van der Waals surface area contributed by atoms with Crippen LogP contribution in [0.4, 0.5) is 0 Å². The van der Waals surface area contributed by atoms with Crippen molar-refractivity contribution in [2.45, 2.75) is 0 Å². The molecule has 5 rings (SSSR count). The summed E-state index contributed by atoms with van der Waals surface area (Å²) in [6, 6.07) is 20.0. The maximum absolute atomic E-state index is 13.1. The molecule has 5 aromatic rings. The van der Waals surface area contributed by atoms with Crippen molar-refractivity contribution in [2.75, 3.05) is 0 Å². The highest BCUT2D eigenvalue weighted by Crippen LogP contribution is 2.29. The predicted octanol–water partition coefficient (Wildman–Crippen LogP) is 4.39. The molecule has 3 aromatic carbocycles. The Labute approximate surface area is 137 Å². The number of aryl methyl sites for hydroxylation is 1. The molecule has 0 saturated heterocycles. The van der Waals surface area contributed by atoms with Crippen LogP contribution in [-0.2, 0) is 7.05 Å². The highest BCUT2D eigenvalue weighted by molar-refractivity contribution is 6.12. The van der Waals surface area contributed by atoms with Gasteiger partial charge in [-0.2, -0.15) is 0 Å². The first-order valence-corrected chi connectivity index (χ1v) is 7.93. The maximum atomic E-state index is 13.1. The minimum atomic E-state index is 0.0661. The Kier molecular flexibility index (Phi) is 2.57. The summed E-state index contributed by atoms with van der Waals surface area (Å²) < 4.78 is 2.11. The summed E-state index contributed by atoms with van der Waals surface area (Å²) in [7, 11) is 2.02. The molecule has 24 heavy (non-hydrogen) atoms. The van der Waals surface area contributed by atoms with Crippen molar-refractivity contribution in [1.82, 2.24) is 9.55 Å². The van der Waals surface area contributed by atoms with Crippen molar-refractivity contribution in [1.29, 1.82) is 0 Å². The molecule has 0 amide bonds. The molecule has 0 radical (unpaired) electrons. The van der Waals surface area contributed by atoms with Crippen molar-refractivity contribution in [3.8, 4) is 0 Å². The van der Waals surface area contributed by atoms with Crippen LogP contribution < -0.4 is 5.43 Å². The normalized spacial score (nSPS) is 11.7. The van der Waals surface area contributed by atoms with E-state index in [9.17, 15) is 4.79 Å². The third-order valence-electron chi connectivity index (χ3n) is 4.81. The highest BCUT2D eigenvalue weighted by atomic mass is 16.1. The largest absolute Gasteiger partial charge is 0.341 e. The van der Waals surface area contributed by atoms with Gasteiger partial charge in [0.05, 0.1) is 16.6 Å². The predicted molar refractivity (Wildman–Crippen MR) is 99.5 cm³/mol. The zero-order valence-electron chi connectivity index (χ0n) is 13.2. The monoisotopic (exact) mass is 310 g/mol. The summed E-state index contributed by atoms with van der Waals surface area (Å²) in [6.07, 6.45) is 1.78. The van der Waals surface area contributed by atoms with E-state index in [0.29, 0.717) is 5.39 Å². The van der Waals surface area contributed by atoms with Crippen LogP contribution in [0.2, 0.25) is 0 Å². The van der Waals surface area contributed by atoms with E-state index in [-0.39, 0.29) is 5.43 Å². The Morgan fingerprint density at radius 2 is 1.46 bits per heavy atom. The first-order chi connectivity index (χ1) is 11.8. The Bertz CT molecular complexity index is 1230. The third kappa shape index (κ3) is 1.61. The first kappa shape index (κ1) is 13.3. The second kappa shape index (κ2) is 4.65. The van der Waals surface area contributed by atoms with Crippen molar-refractivity contribution >= 4 is 43.5 Å². The van der Waals surface area contributed by atoms with Crippen LogP contribution >= 0.6 is 0 Å². The second-order valence-electron chi connectivity index (χ2n) is 6.11. The van der Waals surface area contributed by atoms with Gasteiger partial charge in [-0.05, 0) is 23.6 Å². The number of hydrogen-bond donors (Lipinski definition) is 0. The Hall–Kier alpha value is -3.20. The van der Waals surface area contributed by atoms with Crippen molar-refractivity contribution in [2.24, 2.45) is 7.05 Å². The van der Waals surface area contributed by atoms with Crippen LogP contribution in [-0.4, -0.2) is 9.55 Å². The van der Waals surface area contributed by atoms with Crippen LogP contribution in [0.15, 0.2) is 71.7 Å². The molecular weight excluding hydrogens is 296 g/mol.